The molecule has 0 saturated carbocycles. The number of nitrogens with zero attached hydrogens (tertiary/aromatic N) is 4. The predicted octanol–water partition coefficient (Wildman–Crippen LogP) is 3.33. The van der Waals surface area contributed by atoms with Crippen LogP contribution in [0.1, 0.15) is 37.7 Å². The number of aromatic nitrogens is 4. The van der Waals surface area contributed by atoms with Gasteiger partial charge in [-0.3, -0.25) is 4.79 Å². The van der Waals surface area contributed by atoms with Crippen LogP contribution in [0.3, 0.4) is 0 Å². The summed E-state index contributed by atoms with van der Waals surface area (Å²) in [5.74, 6) is 1.52. The van der Waals surface area contributed by atoms with Crippen LogP contribution in [0.25, 0.3) is 5.78 Å². The average molecular weight is 414 g/mol. The Balaban J connectivity index is 1.41. The largest absolute Gasteiger partial charge is 0.492 e. The third-order valence-electron chi connectivity index (χ3n) is 4.34. The molecule has 0 radical (unpaired) electrons. The Morgan fingerprint density at radius 2 is 1.90 bits per heavy atom. The summed E-state index contributed by atoms with van der Waals surface area (Å²) >= 11 is 1.29. The molecule has 0 bridgehead atoms. The molecule has 0 aliphatic rings. The van der Waals surface area contributed by atoms with Crippen molar-refractivity contribution in [2.24, 2.45) is 0 Å². The smallest absolute Gasteiger partial charge is 0.253 e. The van der Waals surface area contributed by atoms with E-state index in [0.29, 0.717) is 24.1 Å². The van der Waals surface area contributed by atoms with Gasteiger partial charge in [0, 0.05) is 11.4 Å². The molecule has 0 fully saturated rings. The number of fused-ring (bicyclic) bond motifs is 1. The van der Waals surface area contributed by atoms with Crippen LogP contribution in [-0.4, -0.2) is 44.4 Å². The number of thioether (sulfide) groups is 1. The van der Waals surface area contributed by atoms with Crippen molar-refractivity contribution in [3.63, 3.8) is 0 Å². The van der Waals surface area contributed by atoms with Crippen LogP contribution in [0.4, 0.5) is 0 Å². The van der Waals surface area contributed by atoms with Crippen LogP contribution in [-0.2, 0) is 10.2 Å². The second kappa shape index (κ2) is 8.82. The quantitative estimate of drug-likeness (QED) is 0.473. The lowest BCUT2D eigenvalue weighted by Crippen LogP contribution is -2.29. The van der Waals surface area contributed by atoms with E-state index < -0.39 is 0 Å². The molecular formula is C21H27N5O2S. The van der Waals surface area contributed by atoms with E-state index in [1.54, 1.807) is 4.52 Å². The Labute approximate surface area is 175 Å². The molecule has 1 amide bonds. The molecule has 0 spiro atoms. The van der Waals surface area contributed by atoms with Crippen LogP contribution in [0.15, 0.2) is 35.5 Å². The van der Waals surface area contributed by atoms with Gasteiger partial charge < -0.3 is 10.1 Å². The maximum absolute atomic E-state index is 12.1. The molecule has 0 atom stereocenters. The molecule has 0 saturated heterocycles. The maximum Gasteiger partial charge on any atom is 0.253 e. The fraction of sp³-hybridized carbons (Fsp3) is 0.429. The van der Waals surface area contributed by atoms with E-state index in [1.165, 1.54) is 17.3 Å². The highest BCUT2D eigenvalue weighted by atomic mass is 32.2. The van der Waals surface area contributed by atoms with Crippen LogP contribution in [0.5, 0.6) is 5.75 Å². The predicted molar refractivity (Wildman–Crippen MR) is 115 cm³/mol. The molecule has 0 aliphatic heterocycles. The van der Waals surface area contributed by atoms with Crippen molar-refractivity contribution in [1.82, 2.24) is 24.9 Å². The fourth-order valence-corrected chi connectivity index (χ4v) is 3.45. The molecule has 2 aromatic heterocycles. The second-order valence-electron chi connectivity index (χ2n) is 7.91. The van der Waals surface area contributed by atoms with E-state index in [-0.39, 0.29) is 17.1 Å². The zero-order chi connectivity index (χ0) is 21.0. The lowest BCUT2D eigenvalue weighted by atomic mass is 9.87. The van der Waals surface area contributed by atoms with Crippen molar-refractivity contribution in [3.8, 4) is 5.75 Å². The second-order valence-corrected chi connectivity index (χ2v) is 8.85. The summed E-state index contributed by atoms with van der Waals surface area (Å²) in [5, 5.41) is 7.78. The van der Waals surface area contributed by atoms with Crippen molar-refractivity contribution in [3.05, 3.63) is 47.3 Å². The molecule has 1 N–H and O–H groups in total. The van der Waals surface area contributed by atoms with Gasteiger partial charge >= 0.3 is 0 Å². The summed E-state index contributed by atoms with van der Waals surface area (Å²) in [7, 11) is 0. The SMILES string of the molecule is Cc1cc(C)n2nc(SCC(=O)NCCOc3ccc(C(C)(C)C)cc3)nc2n1. The number of aryl methyl sites for hydroxylation is 2. The van der Waals surface area contributed by atoms with Crippen LogP contribution in [0, 0.1) is 13.8 Å². The standard InChI is InChI=1S/C21H27N5O2S/c1-14-12-15(2)26-19(23-14)24-20(25-26)29-13-18(27)22-10-11-28-17-8-6-16(7-9-17)21(3,4)5/h6-9,12H,10-11,13H2,1-5H3,(H,22,27). The number of amides is 1. The highest BCUT2D eigenvalue weighted by Crippen LogP contribution is 2.24. The van der Waals surface area contributed by atoms with Crippen molar-refractivity contribution >= 4 is 23.4 Å². The first-order chi connectivity index (χ1) is 13.7. The average Bonchev–Trinajstić information content (AvgIpc) is 3.06. The molecule has 2 heterocycles. The summed E-state index contributed by atoms with van der Waals surface area (Å²) in [6.07, 6.45) is 0. The van der Waals surface area contributed by atoms with Crippen molar-refractivity contribution in [2.75, 3.05) is 18.9 Å². The van der Waals surface area contributed by atoms with Gasteiger partial charge in [0.1, 0.15) is 12.4 Å². The lowest BCUT2D eigenvalue weighted by molar-refractivity contribution is -0.118. The molecule has 0 unspecified atom stereocenters. The van der Waals surface area contributed by atoms with Crippen molar-refractivity contribution in [2.45, 2.75) is 45.2 Å². The van der Waals surface area contributed by atoms with Gasteiger partial charge in [-0.05, 0) is 43.0 Å². The minimum absolute atomic E-state index is 0.0820. The number of hydrogen-bond acceptors (Lipinski definition) is 6. The van der Waals surface area contributed by atoms with Gasteiger partial charge in [-0.25, -0.2) is 9.50 Å². The van der Waals surface area contributed by atoms with E-state index in [1.807, 2.05) is 32.0 Å². The summed E-state index contributed by atoms with van der Waals surface area (Å²) in [4.78, 5) is 20.8. The number of nitrogens with one attached hydrogen (secondary N) is 1. The van der Waals surface area contributed by atoms with E-state index in [0.717, 1.165) is 17.1 Å². The van der Waals surface area contributed by atoms with E-state index in [9.17, 15) is 4.79 Å². The monoisotopic (exact) mass is 413 g/mol. The summed E-state index contributed by atoms with van der Waals surface area (Å²) in [5.41, 5.74) is 3.23. The Morgan fingerprint density at radius 3 is 2.59 bits per heavy atom. The Bertz CT molecular complexity index is 993. The van der Waals surface area contributed by atoms with E-state index in [4.69, 9.17) is 4.74 Å². The van der Waals surface area contributed by atoms with Gasteiger partial charge in [-0.1, -0.05) is 44.7 Å². The topological polar surface area (TPSA) is 81.4 Å². The summed E-state index contributed by atoms with van der Waals surface area (Å²) < 4.78 is 7.38. The zero-order valence-corrected chi connectivity index (χ0v) is 18.3. The first-order valence-corrected chi connectivity index (χ1v) is 10.5. The number of ether oxygens (including phenoxy) is 1. The summed E-state index contributed by atoms with van der Waals surface area (Å²) in [6.45, 7) is 11.3. The van der Waals surface area contributed by atoms with Gasteiger partial charge in [-0.2, -0.15) is 4.98 Å². The summed E-state index contributed by atoms with van der Waals surface area (Å²) in [6, 6.07) is 10.0. The number of benzene rings is 1. The van der Waals surface area contributed by atoms with Crippen LogP contribution in [0.2, 0.25) is 0 Å². The normalized spacial score (nSPS) is 11.6. The number of hydrogen-bond donors (Lipinski definition) is 1. The van der Waals surface area contributed by atoms with Crippen molar-refractivity contribution < 1.29 is 9.53 Å². The minimum atomic E-state index is -0.0820. The highest BCUT2D eigenvalue weighted by Gasteiger charge is 2.13. The molecule has 154 valence electrons. The number of rotatable bonds is 7. The minimum Gasteiger partial charge on any atom is -0.492 e. The molecule has 3 aromatic rings. The van der Waals surface area contributed by atoms with E-state index >= 15 is 0 Å². The van der Waals surface area contributed by atoms with Crippen LogP contribution < -0.4 is 10.1 Å². The Hall–Kier alpha value is -2.61. The molecule has 7 nitrogen and oxygen atoms in total. The van der Waals surface area contributed by atoms with Gasteiger partial charge in [0.05, 0.1) is 12.3 Å². The zero-order valence-electron chi connectivity index (χ0n) is 17.5. The maximum atomic E-state index is 12.1. The Kier molecular flexibility index (Phi) is 6.42. The number of carbonyl (C=O) groups excluding carboxylic acids is 1. The van der Waals surface area contributed by atoms with Gasteiger partial charge in [0.2, 0.25) is 11.1 Å². The molecule has 1 aromatic carbocycles. The fourth-order valence-electron chi connectivity index (χ4n) is 2.80. The molecule has 3 rings (SSSR count). The first kappa shape index (κ1) is 21.1. The van der Waals surface area contributed by atoms with E-state index in [2.05, 4.69) is 53.3 Å². The highest BCUT2D eigenvalue weighted by molar-refractivity contribution is 7.99. The third kappa shape index (κ3) is 5.69. The lowest BCUT2D eigenvalue weighted by Gasteiger charge is -2.19. The Morgan fingerprint density at radius 1 is 1.17 bits per heavy atom. The van der Waals surface area contributed by atoms with Crippen LogP contribution >= 0.6 is 11.8 Å². The molecule has 29 heavy (non-hydrogen) atoms. The first-order valence-electron chi connectivity index (χ1n) is 9.56. The van der Waals surface area contributed by atoms with Gasteiger partial charge in [0.25, 0.3) is 5.78 Å². The van der Waals surface area contributed by atoms with Gasteiger partial charge in [0.15, 0.2) is 0 Å². The van der Waals surface area contributed by atoms with Crippen molar-refractivity contribution in [1.29, 1.82) is 0 Å². The molecule has 8 heteroatoms. The molecule has 0 aliphatic carbocycles. The molecular weight excluding hydrogens is 386 g/mol. The van der Waals surface area contributed by atoms with Gasteiger partial charge in [-0.15, -0.1) is 5.10 Å². The number of carbonyl (C=O) groups is 1. The third-order valence-corrected chi connectivity index (χ3v) is 5.18.